The first kappa shape index (κ1) is 15.4. The Hall–Kier alpha value is -2.48. The van der Waals surface area contributed by atoms with Crippen molar-refractivity contribution in [2.24, 2.45) is 5.10 Å². The van der Waals surface area contributed by atoms with Gasteiger partial charge in [-0.1, -0.05) is 6.07 Å². The molecule has 8 nitrogen and oxygen atoms in total. The third kappa shape index (κ3) is 3.84. The number of morpholine rings is 1. The van der Waals surface area contributed by atoms with E-state index < -0.39 is 0 Å². The van der Waals surface area contributed by atoms with Gasteiger partial charge in [-0.2, -0.15) is 5.10 Å². The largest absolute Gasteiger partial charge is 0.378 e. The first-order valence-corrected chi connectivity index (χ1v) is 7.64. The molecule has 1 aromatic rings. The summed E-state index contributed by atoms with van der Waals surface area (Å²) in [4.78, 5) is 29.8. The van der Waals surface area contributed by atoms with Gasteiger partial charge in [-0.25, -0.2) is 10.4 Å². The van der Waals surface area contributed by atoms with E-state index >= 15 is 0 Å². The second-order valence-electron chi connectivity index (χ2n) is 5.36. The molecule has 0 radical (unpaired) electrons. The number of anilines is 1. The van der Waals surface area contributed by atoms with E-state index in [9.17, 15) is 9.59 Å². The Morgan fingerprint density at radius 3 is 2.91 bits per heavy atom. The molecule has 3 heterocycles. The maximum atomic E-state index is 12.1. The number of hydrogen-bond acceptors (Lipinski definition) is 6. The van der Waals surface area contributed by atoms with Crippen LogP contribution >= 0.6 is 0 Å². The van der Waals surface area contributed by atoms with Crippen molar-refractivity contribution >= 4 is 23.3 Å². The van der Waals surface area contributed by atoms with E-state index in [1.165, 1.54) is 0 Å². The molecular weight excluding hydrogens is 298 g/mol. The van der Waals surface area contributed by atoms with Gasteiger partial charge < -0.3 is 15.0 Å². The lowest BCUT2D eigenvalue weighted by atomic mass is 10.1. The van der Waals surface area contributed by atoms with Crippen molar-refractivity contribution in [3.63, 3.8) is 0 Å². The van der Waals surface area contributed by atoms with Crippen LogP contribution in [0.2, 0.25) is 0 Å². The summed E-state index contributed by atoms with van der Waals surface area (Å²) in [5.74, 6) is 0.445. The van der Waals surface area contributed by atoms with Crippen molar-refractivity contribution < 1.29 is 14.3 Å². The summed E-state index contributed by atoms with van der Waals surface area (Å²) >= 11 is 0. The van der Waals surface area contributed by atoms with Crippen molar-refractivity contribution in [1.82, 2.24) is 15.7 Å². The molecular formula is C15H19N5O3. The average Bonchev–Trinajstić information content (AvgIpc) is 2.61. The van der Waals surface area contributed by atoms with Crippen molar-refractivity contribution in [1.29, 1.82) is 0 Å². The van der Waals surface area contributed by atoms with E-state index in [0.29, 0.717) is 31.9 Å². The van der Waals surface area contributed by atoms with Gasteiger partial charge in [0, 0.05) is 44.2 Å². The quantitative estimate of drug-likeness (QED) is 0.802. The number of carbonyl (C=O) groups is 2. The predicted octanol–water partition coefficient (Wildman–Crippen LogP) is -0.200. The highest BCUT2D eigenvalue weighted by molar-refractivity contribution is 6.39. The van der Waals surface area contributed by atoms with Gasteiger partial charge in [0.1, 0.15) is 11.5 Å². The van der Waals surface area contributed by atoms with E-state index in [4.69, 9.17) is 4.74 Å². The van der Waals surface area contributed by atoms with Gasteiger partial charge in [0.25, 0.3) is 5.91 Å². The third-order valence-electron chi connectivity index (χ3n) is 3.78. The molecule has 1 saturated heterocycles. The Kier molecular flexibility index (Phi) is 4.82. The fourth-order valence-electron chi connectivity index (χ4n) is 2.54. The van der Waals surface area contributed by atoms with E-state index in [2.05, 4.69) is 25.7 Å². The first-order valence-electron chi connectivity index (χ1n) is 7.64. The summed E-state index contributed by atoms with van der Waals surface area (Å²) in [6.07, 6.45) is 2.40. The number of pyridine rings is 1. The van der Waals surface area contributed by atoms with Gasteiger partial charge in [-0.15, -0.1) is 0 Å². The molecule has 0 saturated carbocycles. The first-order chi connectivity index (χ1) is 11.2. The SMILES string of the molecule is O=C1CCC(C(=O)NCc2cccnc2N2CCOCC2)=NN1. The molecule has 2 amide bonds. The smallest absolute Gasteiger partial charge is 0.267 e. The maximum Gasteiger partial charge on any atom is 0.267 e. The number of ether oxygens (including phenoxy) is 1. The normalized spacial score (nSPS) is 18.2. The summed E-state index contributed by atoms with van der Waals surface area (Å²) < 4.78 is 5.36. The number of carbonyl (C=O) groups excluding carboxylic acids is 2. The topological polar surface area (TPSA) is 95.9 Å². The van der Waals surface area contributed by atoms with Crippen LogP contribution < -0.4 is 15.6 Å². The van der Waals surface area contributed by atoms with Gasteiger partial charge in [0.05, 0.1) is 13.2 Å². The molecule has 8 heteroatoms. The van der Waals surface area contributed by atoms with Gasteiger partial charge >= 0.3 is 0 Å². The highest BCUT2D eigenvalue weighted by Gasteiger charge is 2.19. The molecule has 0 atom stereocenters. The Morgan fingerprint density at radius 2 is 2.17 bits per heavy atom. The minimum atomic E-state index is -0.262. The summed E-state index contributed by atoms with van der Waals surface area (Å²) in [6.45, 7) is 3.30. The molecule has 23 heavy (non-hydrogen) atoms. The third-order valence-corrected chi connectivity index (χ3v) is 3.78. The molecule has 1 fully saturated rings. The molecule has 3 rings (SSSR count). The van der Waals surface area contributed by atoms with Crippen LogP contribution in [0.1, 0.15) is 18.4 Å². The van der Waals surface area contributed by atoms with Crippen LogP contribution in [-0.2, 0) is 20.9 Å². The monoisotopic (exact) mass is 317 g/mol. The van der Waals surface area contributed by atoms with Gasteiger partial charge in [0.2, 0.25) is 5.91 Å². The van der Waals surface area contributed by atoms with E-state index in [1.807, 2.05) is 12.1 Å². The van der Waals surface area contributed by atoms with Gasteiger partial charge in [-0.05, 0) is 6.07 Å². The van der Waals surface area contributed by atoms with Crippen LogP contribution in [0.3, 0.4) is 0 Å². The second kappa shape index (κ2) is 7.19. The lowest BCUT2D eigenvalue weighted by Crippen LogP contribution is -2.39. The van der Waals surface area contributed by atoms with Crippen LogP contribution in [0.4, 0.5) is 5.82 Å². The van der Waals surface area contributed by atoms with E-state index in [1.54, 1.807) is 6.20 Å². The Balaban J connectivity index is 1.64. The fraction of sp³-hybridized carbons (Fsp3) is 0.467. The van der Waals surface area contributed by atoms with Crippen LogP contribution in [0.5, 0.6) is 0 Å². The molecule has 122 valence electrons. The zero-order chi connectivity index (χ0) is 16.1. The molecule has 0 aromatic carbocycles. The van der Waals surface area contributed by atoms with Crippen LogP contribution in [0.25, 0.3) is 0 Å². The lowest BCUT2D eigenvalue weighted by molar-refractivity contribution is -0.121. The number of hydrogen-bond donors (Lipinski definition) is 2. The lowest BCUT2D eigenvalue weighted by Gasteiger charge is -2.29. The minimum Gasteiger partial charge on any atom is -0.378 e. The molecule has 0 aliphatic carbocycles. The summed E-state index contributed by atoms with van der Waals surface area (Å²) in [5, 5.41) is 6.64. The molecule has 0 bridgehead atoms. The maximum absolute atomic E-state index is 12.1. The number of nitrogens with one attached hydrogen (secondary N) is 2. The Morgan fingerprint density at radius 1 is 1.35 bits per heavy atom. The fourth-order valence-corrected chi connectivity index (χ4v) is 2.54. The van der Waals surface area contributed by atoms with E-state index in [0.717, 1.165) is 24.5 Å². The summed E-state index contributed by atoms with van der Waals surface area (Å²) in [5.41, 5.74) is 3.62. The zero-order valence-electron chi connectivity index (χ0n) is 12.7. The van der Waals surface area contributed by atoms with Crippen LogP contribution in [-0.4, -0.2) is 48.8 Å². The minimum absolute atomic E-state index is 0.164. The average molecular weight is 317 g/mol. The molecule has 1 aromatic heterocycles. The number of hydrazone groups is 1. The predicted molar refractivity (Wildman–Crippen MR) is 83.9 cm³/mol. The highest BCUT2D eigenvalue weighted by atomic mass is 16.5. The highest BCUT2D eigenvalue weighted by Crippen LogP contribution is 2.18. The molecule has 2 N–H and O–H groups in total. The molecule has 0 unspecified atom stereocenters. The van der Waals surface area contributed by atoms with Gasteiger partial charge in [-0.3, -0.25) is 9.59 Å². The van der Waals surface area contributed by atoms with Crippen LogP contribution in [0, 0.1) is 0 Å². The second-order valence-corrected chi connectivity index (χ2v) is 5.36. The molecule has 0 spiro atoms. The van der Waals surface area contributed by atoms with Crippen molar-refractivity contribution in [3.8, 4) is 0 Å². The van der Waals surface area contributed by atoms with Crippen LogP contribution in [0.15, 0.2) is 23.4 Å². The van der Waals surface area contributed by atoms with E-state index in [-0.39, 0.29) is 18.2 Å². The summed E-state index contributed by atoms with van der Waals surface area (Å²) in [6, 6.07) is 3.80. The zero-order valence-corrected chi connectivity index (χ0v) is 12.7. The Labute approximate surface area is 133 Å². The molecule has 2 aliphatic heterocycles. The standard InChI is InChI=1S/C15H19N5O3/c21-13-4-3-12(18-19-13)15(22)17-10-11-2-1-5-16-14(11)20-6-8-23-9-7-20/h1-2,5H,3-4,6-10H2,(H,17,22)(H,19,21). The number of rotatable bonds is 4. The number of nitrogens with zero attached hydrogens (tertiary/aromatic N) is 3. The number of aromatic nitrogens is 1. The number of amides is 2. The Bertz CT molecular complexity index is 625. The molecule has 2 aliphatic rings. The summed E-state index contributed by atoms with van der Waals surface area (Å²) in [7, 11) is 0. The van der Waals surface area contributed by atoms with Crippen molar-refractivity contribution in [2.75, 3.05) is 31.2 Å². The van der Waals surface area contributed by atoms with Gasteiger partial charge in [0.15, 0.2) is 0 Å². The van der Waals surface area contributed by atoms with Crippen molar-refractivity contribution in [2.45, 2.75) is 19.4 Å². The van der Waals surface area contributed by atoms with Crippen molar-refractivity contribution in [3.05, 3.63) is 23.9 Å².